The molecular weight excluding hydrogens is 132 g/mol. The highest BCUT2D eigenvalue weighted by molar-refractivity contribution is 8.03. The topological polar surface area (TPSA) is 52.0 Å². The van der Waals surface area contributed by atoms with Crippen LogP contribution in [0.15, 0.2) is 11.1 Å². The number of thioether (sulfide) groups is 1. The largest absolute Gasteiger partial charge is 0.400 e. The maximum atomic E-state index is 5.85. The van der Waals surface area contributed by atoms with Gasteiger partial charge in [-0.3, -0.25) is 0 Å². The van der Waals surface area contributed by atoms with Gasteiger partial charge in [-0.1, -0.05) is 6.92 Å². The summed E-state index contributed by atoms with van der Waals surface area (Å²) < 4.78 is 0. The first-order chi connectivity index (χ1) is 4.05. The Morgan fingerprint density at radius 2 is 2.33 bits per heavy atom. The standard InChI is InChI=1S/C6H12N2S/c1-4-6(2,8)5(7)3-9-4/h3-4H,7-8H2,1-2H3. The van der Waals surface area contributed by atoms with E-state index in [9.17, 15) is 0 Å². The van der Waals surface area contributed by atoms with E-state index in [4.69, 9.17) is 11.5 Å². The highest BCUT2D eigenvalue weighted by Gasteiger charge is 2.33. The van der Waals surface area contributed by atoms with Crippen molar-refractivity contribution in [2.24, 2.45) is 11.5 Å². The molecule has 0 amide bonds. The Bertz CT molecular complexity index is 151. The Morgan fingerprint density at radius 1 is 1.78 bits per heavy atom. The summed E-state index contributed by atoms with van der Waals surface area (Å²) in [6, 6.07) is 0. The van der Waals surface area contributed by atoms with Gasteiger partial charge in [-0.25, -0.2) is 0 Å². The second-order valence-corrected chi connectivity index (χ2v) is 3.85. The lowest BCUT2D eigenvalue weighted by Gasteiger charge is -2.24. The highest BCUT2D eigenvalue weighted by atomic mass is 32.2. The van der Waals surface area contributed by atoms with E-state index in [2.05, 4.69) is 6.92 Å². The molecule has 2 atom stereocenters. The lowest BCUT2D eigenvalue weighted by molar-refractivity contribution is 0.549. The van der Waals surface area contributed by atoms with Crippen LogP contribution in [0.3, 0.4) is 0 Å². The molecular formula is C6H12N2S. The van der Waals surface area contributed by atoms with E-state index in [0.29, 0.717) is 5.25 Å². The molecule has 1 aliphatic rings. The van der Waals surface area contributed by atoms with Crippen LogP contribution in [0.2, 0.25) is 0 Å². The maximum absolute atomic E-state index is 5.85. The van der Waals surface area contributed by atoms with Gasteiger partial charge >= 0.3 is 0 Å². The first-order valence-corrected chi connectivity index (χ1v) is 3.90. The zero-order valence-corrected chi connectivity index (χ0v) is 6.53. The molecule has 0 saturated heterocycles. The van der Waals surface area contributed by atoms with E-state index in [1.54, 1.807) is 11.8 Å². The highest BCUT2D eigenvalue weighted by Crippen LogP contribution is 2.33. The van der Waals surface area contributed by atoms with Crippen molar-refractivity contribution >= 4 is 11.8 Å². The van der Waals surface area contributed by atoms with Crippen LogP contribution in [0.1, 0.15) is 13.8 Å². The van der Waals surface area contributed by atoms with Crippen LogP contribution in [0.4, 0.5) is 0 Å². The average molecular weight is 144 g/mol. The van der Waals surface area contributed by atoms with Gasteiger partial charge < -0.3 is 11.5 Å². The Morgan fingerprint density at radius 3 is 2.44 bits per heavy atom. The summed E-state index contributed by atoms with van der Waals surface area (Å²) in [5.41, 5.74) is 12.0. The summed E-state index contributed by atoms with van der Waals surface area (Å²) in [5.74, 6) is 0. The van der Waals surface area contributed by atoms with Crippen molar-refractivity contribution in [1.29, 1.82) is 0 Å². The van der Waals surface area contributed by atoms with Crippen molar-refractivity contribution in [2.45, 2.75) is 24.6 Å². The van der Waals surface area contributed by atoms with Gasteiger partial charge in [-0.05, 0) is 12.3 Å². The van der Waals surface area contributed by atoms with E-state index < -0.39 is 0 Å². The zero-order valence-electron chi connectivity index (χ0n) is 5.72. The minimum atomic E-state index is -0.287. The number of hydrogen-bond donors (Lipinski definition) is 2. The minimum absolute atomic E-state index is 0.287. The molecule has 1 heterocycles. The van der Waals surface area contributed by atoms with Crippen LogP contribution in [0.25, 0.3) is 0 Å². The van der Waals surface area contributed by atoms with Crippen LogP contribution in [-0.2, 0) is 0 Å². The molecule has 52 valence electrons. The molecule has 0 spiro atoms. The summed E-state index contributed by atoms with van der Waals surface area (Å²) in [7, 11) is 0. The van der Waals surface area contributed by atoms with Crippen LogP contribution >= 0.6 is 11.8 Å². The number of rotatable bonds is 0. The second kappa shape index (κ2) is 1.92. The summed E-state index contributed by atoms with van der Waals surface area (Å²) in [6.07, 6.45) is 0. The van der Waals surface area contributed by atoms with Gasteiger partial charge in [0.15, 0.2) is 0 Å². The lowest BCUT2D eigenvalue weighted by Crippen LogP contribution is -2.46. The van der Waals surface area contributed by atoms with Crippen molar-refractivity contribution in [3.63, 3.8) is 0 Å². The molecule has 0 aliphatic carbocycles. The van der Waals surface area contributed by atoms with E-state index in [-0.39, 0.29) is 5.54 Å². The Labute approximate surface area is 59.7 Å². The smallest absolute Gasteiger partial charge is 0.0653 e. The van der Waals surface area contributed by atoms with Gasteiger partial charge in [0.05, 0.1) is 5.54 Å². The molecule has 2 nitrogen and oxygen atoms in total. The molecule has 0 aromatic carbocycles. The molecule has 0 saturated carbocycles. The van der Waals surface area contributed by atoms with Gasteiger partial charge in [-0.2, -0.15) is 0 Å². The normalized spacial score (nSPS) is 43.0. The van der Waals surface area contributed by atoms with Crippen molar-refractivity contribution < 1.29 is 0 Å². The van der Waals surface area contributed by atoms with Crippen molar-refractivity contribution in [2.75, 3.05) is 0 Å². The van der Waals surface area contributed by atoms with E-state index in [1.807, 2.05) is 12.3 Å². The fraction of sp³-hybridized carbons (Fsp3) is 0.667. The predicted molar refractivity (Wildman–Crippen MR) is 41.9 cm³/mol. The van der Waals surface area contributed by atoms with Gasteiger partial charge in [0.2, 0.25) is 0 Å². The van der Waals surface area contributed by atoms with Crippen LogP contribution in [0, 0.1) is 0 Å². The number of nitrogens with two attached hydrogens (primary N) is 2. The lowest BCUT2D eigenvalue weighted by atomic mass is 9.97. The number of hydrogen-bond acceptors (Lipinski definition) is 3. The average Bonchev–Trinajstić information content (AvgIpc) is 1.96. The van der Waals surface area contributed by atoms with Crippen molar-refractivity contribution in [3.05, 3.63) is 11.1 Å². The zero-order chi connectivity index (χ0) is 7.07. The first-order valence-electron chi connectivity index (χ1n) is 2.95. The second-order valence-electron chi connectivity index (χ2n) is 2.63. The molecule has 0 radical (unpaired) electrons. The summed E-state index contributed by atoms with van der Waals surface area (Å²) in [6.45, 7) is 4.05. The maximum Gasteiger partial charge on any atom is 0.0653 e. The molecule has 4 N–H and O–H groups in total. The molecule has 0 aromatic heterocycles. The Hall–Kier alpha value is -0.150. The van der Waals surface area contributed by atoms with Gasteiger partial charge in [0, 0.05) is 10.9 Å². The van der Waals surface area contributed by atoms with E-state index in [1.165, 1.54) is 0 Å². The van der Waals surface area contributed by atoms with E-state index >= 15 is 0 Å². The fourth-order valence-corrected chi connectivity index (χ4v) is 1.70. The quantitative estimate of drug-likeness (QED) is 0.524. The third-order valence-corrected chi connectivity index (χ3v) is 3.15. The summed E-state index contributed by atoms with van der Waals surface area (Å²) in [5, 5.41) is 2.35. The Balaban J connectivity index is 2.81. The SMILES string of the molecule is CC1SC=C(N)C1(C)N. The van der Waals surface area contributed by atoms with Gasteiger partial charge in [0.25, 0.3) is 0 Å². The monoisotopic (exact) mass is 144 g/mol. The summed E-state index contributed by atoms with van der Waals surface area (Å²) in [4.78, 5) is 0. The molecule has 9 heavy (non-hydrogen) atoms. The molecule has 0 fully saturated rings. The molecule has 1 rings (SSSR count). The van der Waals surface area contributed by atoms with Crippen LogP contribution in [-0.4, -0.2) is 10.8 Å². The molecule has 0 aromatic rings. The van der Waals surface area contributed by atoms with Crippen molar-refractivity contribution in [3.8, 4) is 0 Å². The predicted octanol–water partition coefficient (Wildman–Crippen LogP) is 0.639. The molecule has 1 aliphatic heterocycles. The first kappa shape index (κ1) is 6.96. The third kappa shape index (κ3) is 0.946. The summed E-state index contributed by atoms with van der Waals surface area (Å²) >= 11 is 1.70. The third-order valence-electron chi connectivity index (χ3n) is 1.87. The van der Waals surface area contributed by atoms with E-state index in [0.717, 1.165) is 5.70 Å². The van der Waals surface area contributed by atoms with Gasteiger partial charge in [0.1, 0.15) is 0 Å². The molecule has 3 heteroatoms. The minimum Gasteiger partial charge on any atom is -0.400 e. The van der Waals surface area contributed by atoms with Crippen LogP contribution < -0.4 is 11.5 Å². The fourth-order valence-electron chi connectivity index (χ4n) is 0.678. The Kier molecular flexibility index (Phi) is 1.49. The molecule has 0 bridgehead atoms. The van der Waals surface area contributed by atoms with Crippen LogP contribution in [0.5, 0.6) is 0 Å². The molecule has 2 unspecified atom stereocenters. The van der Waals surface area contributed by atoms with Gasteiger partial charge in [-0.15, -0.1) is 11.8 Å². The van der Waals surface area contributed by atoms with Crippen molar-refractivity contribution in [1.82, 2.24) is 0 Å².